The summed E-state index contributed by atoms with van der Waals surface area (Å²) < 4.78 is 26.2. The summed E-state index contributed by atoms with van der Waals surface area (Å²) in [5.74, 6) is -1.21. The maximum atomic E-state index is 13.1. The Labute approximate surface area is 122 Å². The van der Waals surface area contributed by atoms with Crippen LogP contribution in [-0.4, -0.2) is 23.8 Å². The topological polar surface area (TPSA) is 43.7 Å². The molecule has 112 valence electrons. The standard InChI is InChI=1S/C16H17F2NO2/c1-19(14-2-4-15(20)5-3-14)7-6-16(21)11-8-12(17)10-13(18)9-11/h2-5,8-10,16,20-21H,6-7H2,1H3. The number of anilines is 1. The van der Waals surface area contributed by atoms with Crippen LogP contribution < -0.4 is 4.90 Å². The molecule has 0 fully saturated rings. The van der Waals surface area contributed by atoms with E-state index >= 15 is 0 Å². The van der Waals surface area contributed by atoms with Crippen LogP contribution >= 0.6 is 0 Å². The van der Waals surface area contributed by atoms with Gasteiger partial charge < -0.3 is 15.1 Å². The number of benzene rings is 2. The van der Waals surface area contributed by atoms with Gasteiger partial charge in [-0.2, -0.15) is 0 Å². The monoisotopic (exact) mass is 293 g/mol. The van der Waals surface area contributed by atoms with Crippen LogP contribution in [0.1, 0.15) is 18.1 Å². The highest BCUT2D eigenvalue weighted by atomic mass is 19.1. The van der Waals surface area contributed by atoms with Crippen molar-refractivity contribution in [1.29, 1.82) is 0 Å². The minimum absolute atomic E-state index is 0.183. The number of hydrogen-bond acceptors (Lipinski definition) is 3. The van der Waals surface area contributed by atoms with Crippen LogP contribution in [0.5, 0.6) is 5.75 Å². The second-order valence-electron chi connectivity index (χ2n) is 4.95. The van der Waals surface area contributed by atoms with E-state index in [1.165, 1.54) is 0 Å². The molecule has 21 heavy (non-hydrogen) atoms. The summed E-state index contributed by atoms with van der Waals surface area (Å²) in [6, 6.07) is 9.70. The van der Waals surface area contributed by atoms with Gasteiger partial charge in [0.1, 0.15) is 17.4 Å². The van der Waals surface area contributed by atoms with Crippen LogP contribution in [0.4, 0.5) is 14.5 Å². The van der Waals surface area contributed by atoms with Gasteiger partial charge in [0.25, 0.3) is 0 Å². The predicted molar refractivity (Wildman–Crippen MR) is 77.3 cm³/mol. The molecule has 3 nitrogen and oxygen atoms in total. The Balaban J connectivity index is 1.97. The molecule has 0 aliphatic rings. The van der Waals surface area contributed by atoms with Crippen molar-refractivity contribution >= 4 is 5.69 Å². The summed E-state index contributed by atoms with van der Waals surface area (Å²) in [6.45, 7) is 0.504. The number of phenols is 1. The number of aliphatic hydroxyl groups is 1. The lowest BCUT2D eigenvalue weighted by molar-refractivity contribution is 0.169. The maximum absolute atomic E-state index is 13.1. The average molecular weight is 293 g/mol. The summed E-state index contributed by atoms with van der Waals surface area (Å²) in [4.78, 5) is 1.89. The van der Waals surface area contributed by atoms with Gasteiger partial charge in [-0.15, -0.1) is 0 Å². The summed E-state index contributed by atoms with van der Waals surface area (Å²) in [5.41, 5.74) is 1.11. The lowest BCUT2D eigenvalue weighted by Gasteiger charge is -2.21. The van der Waals surface area contributed by atoms with Crippen LogP contribution in [0.2, 0.25) is 0 Å². The molecule has 0 spiro atoms. The number of nitrogens with zero attached hydrogens (tertiary/aromatic N) is 1. The number of aromatic hydroxyl groups is 1. The molecule has 0 bridgehead atoms. The molecule has 5 heteroatoms. The van der Waals surface area contributed by atoms with Crippen LogP contribution in [-0.2, 0) is 0 Å². The third-order valence-corrected chi connectivity index (χ3v) is 3.30. The van der Waals surface area contributed by atoms with Crippen molar-refractivity contribution < 1.29 is 19.0 Å². The molecule has 0 amide bonds. The van der Waals surface area contributed by atoms with Gasteiger partial charge in [-0.25, -0.2) is 8.78 Å². The lowest BCUT2D eigenvalue weighted by Crippen LogP contribution is -2.20. The molecule has 2 aromatic rings. The van der Waals surface area contributed by atoms with Gasteiger partial charge in [-0.1, -0.05) is 0 Å². The van der Waals surface area contributed by atoms with Gasteiger partial charge in [-0.3, -0.25) is 0 Å². The van der Waals surface area contributed by atoms with E-state index in [1.54, 1.807) is 24.3 Å². The molecule has 1 atom stereocenters. The van der Waals surface area contributed by atoms with Crippen LogP contribution in [0.15, 0.2) is 42.5 Å². The van der Waals surface area contributed by atoms with Gasteiger partial charge in [-0.05, 0) is 48.4 Å². The van der Waals surface area contributed by atoms with Crippen molar-refractivity contribution in [2.75, 3.05) is 18.5 Å². The molecule has 2 rings (SSSR count). The van der Waals surface area contributed by atoms with E-state index in [0.29, 0.717) is 13.0 Å². The zero-order valence-electron chi connectivity index (χ0n) is 11.6. The SMILES string of the molecule is CN(CCC(O)c1cc(F)cc(F)c1)c1ccc(O)cc1. The van der Waals surface area contributed by atoms with E-state index in [1.807, 2.05) is 11.9 Å². The van der Waals surface area contributed by atoms with E-state index in [9.17, 15) is 19.0 Å². The Bertz CT molecular complexity index is 581. The fourth-order valence-corrected chi connectivity index (χ4v) is 2.09. The lowest BCUT2D eigenvalue weighted by atomic mass is 10.1. The van der Waals surface area contributed by atoms with Gasteiger partial charge in [0.05, 0.1) is 6.10 Å². The predicted octanol–water partition coefficient (Wildman–Crippen LogP) is 3.23. The van der Waals surface area contributed by atoms with E-state index in [2.05, 4.69) is 0 Å². The third-order valence-electron chi connectivity index (χ3n) is 3.30. The zero-order valence-corrected chi connectivity index (χ0v) is 11.6. The number of rotatable bonds is 5. The molecule has 1 unspecified atom stereocenters. The molecule has 0 aliphatic carbocycles. The van der Waals surface area contributed by atoms with E-state index < -0.39 is 17.7 Å². The molecular formula is C16H17F2NO2. The summed E-state index contributed by atoms with van der Waals surface area (Å²) >= 11 is 0. The minimum atomic E-state index is -0.935. The number of aliphatic hydroxyl groups excluding tert-OH is 1. The van der Waals surface area contributed by atoms with Crippen LogP contribution in [0.3, 0.4) is 0 Å². The summed E-state index contributed by atoms with van der Waals surface area (Å²) in [7, 11) is 1.84. The Kier molecular flexibility index (Phi) is 4.75. The van der Waals surface area contributed by atoms with Crippen molar-refractivity contribution in [3.63, 3.8) is 0 Å². The van der Waals surface area contributed by atoms with Crippen molar-refractivity contribution in [2.24, 2.45) is 0 Å². The first kappa shape index (κ1) is 15.3. The second-order valence-corrected chi connectivity index (χ2v) is 4.95. The van der Waals surface area contributed by atoms with Crippen molar-refractivity contribution in [1.82, 2.24) is 0 Å². The molecule has 0 aliphatic heterocycles. The largest absolute Gasteiger partial charge is 0.508 e. The Hall–Kier alpha value is -2.14. The molecule has 0 saturated carbocycles. The van der Waals surface area contributed by atoms with Crippen LogP contribution in [0.25, 0.3) is 0 Å². The number of halogens is 2. The first-order chi connectivity index (χ1) is 9.95. The molecule has 0 saturated heterocycles. The second kappa shape index (κ2) is 6.54. The highest BCUT2D eigenvalue weighted by Crippen LogP contribution is 2.22. The maximum Gasteiger partial charge on any atom is 0.126 e. The van der Waals surface area contributed by atoms with Crippen molar-refractivity contribution in [3.8, 4) is 5.75 Å². The summed E-state index contributed by atoms with van der Waals surface area (Å²) in [6.07, 6.45) is -0.602. The van der Waals surface area contributed by atoms with Gasteiger partial charge in [0.2, 0.25) is 0 Å². The van der Waals surface area contributed by atoms with E-state index in [4.69, 9.17) is 0 Å². The van der Waals surface area contributed by atoms with Gasteiger partial charge in [0.15, 0.2) is 0 Å². The third kappa shape index (κ3) is 4.16. The minimum Gasteiger partial charge on any atom is -0.508 e. The fraction of sp³-hybridized carbons (Fsp3) is 0.250. The van der Waals surface area contributed by atoms with Crippen molar-refractivity contribution in [2.45, 2.75) is 12.5 Å². The van der Waals surface area contributed by atoms with E-state index in [-0.39, 0.29) is 11.3 Å². The Morgan fingerprint density at radius 1 is 1.05 bits per heavy atom. The molecule has 2 N–H and O–H groups in total. The normalized spacial score (nSPS) is 12.2. The highest BCUT2D eigenvalue weighted by molar-refractivity contribution is 5.48. The Morgan fingerprint density at radius 3 is 2.19 bits per heavy atom. The van der Waals surface area contributed by atoms with E-state index in [0.717, 1.165) is 23.9 Å². The molecular weight excluding hydrogens is 276 g/mol. The molecule has 0 aromatic heterocycles. The Morgan fingerprint density at radius 2 is 1.62 bits per heavy atom. The molecule has 0 radical (unpaired) electrons. The summed E-state index contributed by atoms with van der Waals surface area (Å²) in [5, 5.41) is 19.2. The molecule has 2 aromatic carbocycles. The van der Waals surface area contributed by atoms with Gasteiger partial charge in [0, 0.05) is 25.3 Å². The fourth-order valence-electron chi connectivity index (χ4n) is 2.09. The average Bonchev–Trinajstić information content (AvgIpc) is 2.44. The highest BCUT2D eigenvalue weighted by Gasteiger charge is 2.12. The first-order valence-corrected chi connectivity index (χ1v) is 6.60. The smallest absolute Gasteiger partial charge is 0.126 e. The quantitative estimate of drug-likeness (QED) is 0.889. The number of hydrogen-bond donors (Lipinski definition) is 2. The number of phenolic OH excluding ortho intramolecular Hbond substituents is 1. The van der Waals surface area contributed by atoms with Crippen molar-refractivity contribution in [3.05, 3.63) is 59.7 Å². The first-order valence-electron chi connectivity index (χ1n) is 6.60. The van der Waals surface area contributed by atoms with Gasteiger partial charge >= 0.3 is 0 Å². The molecule has 0 heterocycles. The zero-order chi connectivity index (χ0) is 15.4. The van der Waals surface area contributed by atoms with Crippen LogP contribution in [0, 0.1) is 11.6 Å².